The first-order valence-electron chi connectivity index (χ1n) is 6.61. The highest BCUT2D eigenvalue weighted by molar-refractivity contribution is 6.42. The molecule has 0 bridgehead atoms. The van der Waals surface area contributed by atoms with E-state index in [1.54, 1.807) is 0 Å². The maximum absolute atomic E-state index is 6.12. The molecule has 0 saturated heterocycles. The van der Waals surface area contributed by atoms with Crippen LogP contribution in [0.4, 0.5) is 0 Å². The van der Waals surface area contributed by atoms with Crippen molar-refractivity contribution < 1.29 is 0 Å². The van der Waals surface area contributed by atoms with Crippen LogP contribution in [-0.4, -0.2) is 9.55 Å². The molecule has 0 saturated carbocycles. The summed E-state index contributed by atoms with van der Waals surface area (Å²) in [6.45, 7) is 3.14. The van der Waals surface area contributed by atoms with Gasteiger partial charge in [-0.05, 0) is 24.1 Å². The van der Waals surface area contributed by atoms with Crippen LogP contribution in [0, 0.1) is 0 Å². The monoisotopic (exact) mass is 296 g/mol. The molecule has 0 spiro atoms. The predicted molar refractivity (Wildman–Crippen MR) is 81.0 cm³/mol. The summed E-state index contributed by atoms with van der Waals surface area (Å²) in [7, 11) is 0. The molecule has 19 heavy (non-hydrogen) atoms. The SMILES string of the molecule is CCCCC(Cn1ccnc1)c1ccc(Cl)c(Cl)c1. The van der Waals surface area contributed by atoms with Gasteiger partial charge in [-0.1, -0.05) is 49.0 Å². The molecule has 1 heterocycles. The number of nitrogens with zero attached hydrogens (tertiary/aromatic N) is 2. The molecule has 0 aliphatic rings. The van der Waals surface area contributed by atoms with E-state index in [-0.39, 0.29) is 0 Å². The van der Waals surface area contributed by atoms with Crippen LogP contribution in [0.1, 0.15) is 37.7 Å². The van der Waals surface area contributed by atoms with E-state index >= 15 is 0 Å². The van der Waals surface area contributed by atoms with Crippen LogP contribution in [0.5, 0.6) is 0 Å². The lowest BCUT2D eigenvalue weighted by atomic mass is 9.93. The van der Waals surface area contributed by atoms with E-state index in [2.05, 4.69) is 22.5 Å². The summed E-state index contributed by atoms with van der Waals surface area (Å²) in [4.78, 5) is 4.10. The van der Waals surface area contributed by atoms with E-state index in [0.29, 0.717) is 16.0 Å². The molecule has 102 valence electrons. The highest BCUT2D eigenvalue weighted by Gasteiger charge is 2.13. The number of unbranched alkanes of at least 4 members (excludes halogenated alkanes) is 1. The van der Waals surface area contributed by atoms with Gasteiger partial charge in [0.05, 0.1) is 16.4 Å². The van der Waals surface area contributed by atoms with Gasteiger partial charge in [-0.3, -0.25) is 0 Å². The summed E-state index contributed by atoms with van der Waals surface area (Å²) in [6, 6.07) is 5.94. The summed E-state index contributed by atoms with van der Waals surface area (Å²) >= 11 is 12.1. The van der Waals surface area contributed by atoms with E-state index in [1.165, 1.54) is 18.4 Å². The molecule has 2 aromatic rings. The Labute approximate surface area is 124 Å². The van der Waals surface area contributed by atoms with Crippen molar-refractivity contribution in [2.45, 2.75) is 38.6 Å². The first-order chi connectivity index (χ1) is 9.20. The van der Waals surface area contributed by atoms with Crippen molar-refractivity contribution in [1.82, 2.24) is 9.55 Å². The number of benzene rings is 1. The maximum Gasteiger partial charge on any atom is 0.0946 e. The van der Waals surface area contributed by atoms with Gasteiger partial charge in [0.2, 0.25) is 0 Å². The average molecular weight is 297 g/mol. The first kappa shape index (κ1) is 14.4. The minimum atomic E-state index is 0.448. The van der Waals surface area contributed by atoms with E-state index < -0.39 is 0 Å². The third-order valence-electron chi connectivity index (χ3n) is 3.31. The first-order valence-corrected chi connectivity index (χ1v) is 7.37. The molecule has 0 aliphatic heterocycles. The van der Waals surface area contributed by atoms with Gasteiger partial charge in [-0.2, -0.15) is 0 Å². The Morgan fingerprint density at radius 1 is 1.26 bits per heavy atom. The van der Waals surface area contributed by atoms with E-state index in [1.807, 2.05) is 30.9 Å². The second kappa shape index (κ2) is 6.97. The zero-order valence-corrected chi connectivity index (χ0v) is 12.5. The minimum Gasteiger partial charge on any atom is -0.337 e. The Morgan fingerprint density at radius 2 is 2.11 bits per heavy atom. The van der Waals surface area contributed by atoms with Crippen LogP contribution in [-0.2, 0) is 6.54 Å². The Kier molecular flexibility index (Phi) is 5.29. The van der Waals surface area contributed by atoms with Crippen molar-refractivity contribution in [2.24, 2.45) is 0 Å². The van der Waals surface area contributed by atoms with Gasteiger partial charge in [0.1, 0.15) is 0 Å². The topological polar surface area (TPSA) is 17.8 Å². The standard InChI is InChI=1S/C15H18Cl2N2/c1-2-3-4-13(10-19-8-7-18-11-19)12-5-6-14(16)15(17)9-12/h5-9,11,13H,2-4,10H2,1H3. The Bertz CT molecular complexity index is 509. The molecule has 0 N–H and O–H groups in total. The molecule has 0 aliphatic carbocycles. The summed E-state index contributed by atoms with van der Waals surface area (Å²) in [5.41, 5.74) is 1.25. The van der Waals surface area contributed by atoms with Crippen molar-refractivity contribution in [2.75, 3.05) is 0 Å². The lowest BCUT2D eigenvalue weighted by Gasteiger charge is -2.18. The summed E-state index contributed by atoms with van der Waals surface area (Å²) < 4.78 is 2.11. The van der Waals surface area contributed by atoms with Gasteiger partial charge in [0.25, 0.3) is 0 Å². The van der Waals surface area contributed by atoms with Crippen LogP contribution in [0.3, 0.4) is 0 Å². The van der Waals surface area contributed by atoms with Crippen LogP contribution >= 0.6 is 23.2 Å². The second-order valence-electron chi connectivity index (χ2n) is 4.77. The van der Waals surface area contributed by atoms with Gasteiger partial charge in [-0.25, -0.2) is 4.98 Å². The van der Waals surface area contributed by atoms with Gasteiger partial charge < -0.3 is 4.57 Å². The lowest BCUT2D eigenvalue weighted by Crippen LogP contribution is -2.08. The molecule has 1 atom stereocenters. The molecular weight excluding hydrogens is 279 g/mol. The molecule has 0 fully saturated rings. The van der Waals surface area contributed by atoms with Crippen LogP contribution in [0.2, 0.25) is 10.0 Å². The maximum atomic E-state index is 6.12. The minimum absolute atomic E-state index is 0.448. The van der Waals surface area contributed by atoms with Gasteiger partial charge in [0.15, 0.2) is 0 Å². The Hall–Kier alpha value is -0.990. The van der Waals surface area contributed by atoms with E-state index in [0.717, 1.165) is 13.0 Å². The molecule has 1 unspecified atom stereocenters. The average Bonchev–Trinajstić information content (AvgIpc) is 2.91. The number of halogens is 2. The Morgan fingerprint density at radius 3 is 2.74 bits per heavy atom. The van der Waals surface area contributed by atoms with Crippen LogP contribution in [0.15, 0.2) is 36.9 Å². The van der Waals surface area contributed by atoms with Crippen molar-refractivity contribution >= 4 is 23.2 Å². The third kappa shape index (κ3) is 3.99. The third-order valence-corrected chi connectivity index (χ3v) is 4.05. The number of imidazole rings is 1. The molecule has 2 rings (SSSR count). The second-order valence-corrected chi connectivity index (χ2v) is 5.59. The Balaban J connectivity index is 2.18. The van der Waals surface area contributed by atoms with E-state index in [4.69, 9.17) is 23.2 Å². The fourth-order valence-corrected chi connectivity index (χ4v) is 2.54. The highest BCUT2D eigenvalue weighted by Crippen LogP contribution is 2.30. The summed E-state index contributed by atoms with van der Waals surface area (Å²) in [5, 5.41) is 1.24. The largest absolute Gasteiger partial charge is 0.337 e. The lowest BCUT2D eigenvalue weighted by molar-refractivity contribution is 0.505. The van der Waals surface area contributed by atoms with Crippen molar-refractivity contribution in [3.8, 4) is 0 Å². The van der Waals surface area contributed by atoms with Gasteiger partial charge >= 0.3 is 0 Å². The smallest absolute Gasteiger partial charge is 0.0946 e. The quantitative estimate of drug-likeness (QED) is 0.719. The molecule has 1 aromatic heterocycles. The zero-order valence-electron chi connectivity index (χ0n) is 11.0. The number of rotatable bonds is 6. The van der Waals surface area contributed by atoms with Crippen LogP contribution < -0.4 is 0 Å². The predicted octanol–water partition coefficient (Wildman–Crippen LogP) is 5.16. The summed E-state index contributed by atoms with van der Waals surface area (Å²) in [5.74, 6) is 0.448. The van der Waals surface area contributed by atoms with Crippen molar-refractivity contribution in [3.63, 3.8) is 0 Å². The van der Waals surface area contributed by atoms with Crippen molar-refractivity contribution in [3.05, 3.63) is 52.5 Å². The fourth-order valence-electron chi connectivity index (χ4n) is 2.23. The van der Waals surface area contributed by atoms with Gasteiger partial charge in [0, 0.05) is 24.9 Å². The van der Waals surface area contributed by atoms with Crippen molar-refractivity contribution in [1.29, 1.82) is 0 Å². The van der Waals surface area contributed by atoms with E-state index in [9.17, 15) is 0 Å². The number of hydrogen-bond acceptors (Lipinski definition) is 1. The van der Waals surface area contributed by atoms with Crippen LogP contribution in [0.25, 0.3) is 0 Å². The number of hydrogen-bond donors (Lipinski definition) is 0. The normalized spacial score (nSPS) is 12.6. The summed E-state index contributed by atoms with van der Waals surface area (Å²) in [6.07, 6.45) is 9.21. The fraction of sp³-hybridized carbons (Fsp3) is 0.400. The molecule has 0 radical (unpaired) electrons. The number of aromatic nitrogens is 2. The van der Waals surface area contributed by atoms with Gasteiger partial charge in [-0.15, -0.1) is 0 Å². The molecular formula is C15H18Cl2N2. The zero-order chi connectivity index (χ0) is 13.7. The molecule has 0 amide bonds. The molecule has 1 aromatic carbocycles. The molecule has 4 heteroatoms. The highest BCUT2D eigenvalue weighted by atomic mass is 35.5. The molecule has 2 nitrogen and oxygen atoms in total.